The molecule has 0 amide bonds. The van der Waals surface area contributed by atoms with Crippen molar-refractivity contribution < 1.29 is 9.53 Å². The second kappa shape index (κ2) is 8.50. The van der Waals surface area contributed by atoms with Gasteiger partial charge in [0, 0.05) is 15.5 Å². The molecule has 0 unspecified atom stereocenters. The molecule has 4 nitrogen and oxygen atoms in total. The zero-order valence-corrected chi connectivity index (χ0v) is 18.7. The SMILES string of the molecule is CCOC(=O)c1nn(-c2ccc(Cl)cc2Cl)c(-c2ccc(C3CCCC3)s2)c1C. The van der Waals surface area contributed by atoms with Crippen molar-refractivity contribution in [1.82, 2.24) is 9.78 Å². The fraction of sp³-hybridized carbons (Fsp3) is 0.364. The Balaban J connectivity index is 1.86. The molecule has 1 saturated carbocycles. The molecule has 2 aromatic heterocycles. The summed E-state index contributed by atoms with van der Waals surface area (Å²) in [6.07, 6.45) is 5.08. The number of esters is 1. The van der Waals surface area contributed by atoms with Crippen molar-refractivity contribution in [3.63, 3.8) is 0 Å². The van der Waals surface area contributed by atoms with E-state index in [4.69, 9.17) is 27.9 Å². The molecule has 29 heavy (non-hydrogen) atoms. The lowest BCUT2D eigenvalue weighted by Gasteiger charge is -2.09. The number of thiophene rings is 1. The van der Waals surface area contributed by atoms with Gasteiger partial charge in [-0.1, -0.05) is 36.0 Å². The topological polar surface area (TPSA) is 44.1 Å². The van der Waals surface area contributed by atoms with Gasteiger partial charge in [0.1, 0.15) is 0 Å². The Morgan fingerprint density at radius 1 is 1.24 bits per heavy atom. The molecule has 4 rings (SSSR count). The van der Waals surface area contributed by atoms with Crippen LogP contribution >= 0.6 is 34.5 Å². The van der Waals surface area contributed by atoms with Gasteiger partial charge >= 0.3 is 5.97 Å². The molecule has 0 N–H and O–H groups in total. The Labute approximate surface area is 184 Å². The summed E-state index contributed by atoms with van der Waals surface area (Å²) in [6, 6.07) is 9.60. The minimum atomic E-state index is -0.428. The zero-order valence-electron chi connectivity index (χ0n) is 16.4. The highest BCUT2D eigenvalue weighted by Gasteiger charge is 2.26. The van der Waals surface area contributed by atoms with E-state index < -0.39 is 5.97 Å². The molecule has 2 heterocycles. The maximum atomic E-state index is 12.5. The van der Waals surface area contributed by atoms with Crippen LogP contribution in [0.15, 0.2) is 30.3 Å². The van der Waals surface area contributed by atoms with E-state index in [1.54, 1.807) is 35.1 Å². The van der Waals surface area contributed by atoms with Crippen molar-refractivity contribution in [2.24, 2.45) is 0 Å². The summed E-state index contributed by atoms with van der Waals surface area (Å²) in [6.45, 7) is 3.99. The smallest absolute Gasteiger partial charge is 0.359 e. The Bertz CT molecular complexity index is 1050. The van der Waals surface area contributed by atoms with E-state index in [0.717, 1.165) is 16.1 Å². The lowest BCUT2D eigenvalue weighted by molar-refractivity contribution is 0.0518. The van der Waals surface area contributed by atoms with Crippen LogP contribution in [0.2, 0.25) is 10.0 Å². The summed E-state index contributed by atoms with van der Waals surface area (Å²) in [5.74, 6) is 0.205. The third-order valence-corrected chi connectivity index (χ3v) is 7.14. The Kier molecular flexibility index (Phi) is 6.00. The molecule has 1 aromatic carbocycles. The van der Waals surface area contributed by atoms with Gasteiger partial charge in [-0.05, 0) is 62.9 Å². The molecule has 0 bridgehead atoms. The van der Waals surface area contributed by atoms with Crippen molar-refractivity contribution in [2.75, 3.05) is 6.61 Å². The zero-order chi connectivity index (χ0) is 20.5. The number of carbonyl (C=O) groups is 1. The Hall–Kier alpha value is -1.82. The summed E-state index contributed by atoms with van der Waals surface area (Å²) in [4.78, 5) is 15.0. The van der Waals surface area contributed by atoms with Gasteiger partial charge in [0.25, 0.3) is 0 Å². The molecule has 0 atom stereocenters. The number of hydrogen-bond acceptors (Lipinski definition) is 4. The molecule has 1 fully saturated rings. The first-order chi connectivity index (χ1) is 14.0. The fourth-order valence-electron chi connectivity index (χ4n) is 3.92. The first-order valence-electron chi connectivity index (χ1n) is 9.81. The normalized spacial score (nSPS) is 14.5. The quantitative estimate of drug-likeness (QED) is 0.392. The number of nitrogens with zero attached hydrogens (tertiary/aromatic N) is 2. The summed E-state index contributed by atoms with van der Waals surface area (Å²) in [5.41, 5.74) is 2.64. The van der Waals surface area contributed by atoms with E-state index in [2.05, 4.69) is 17.2 Å². The van der Waals surface area contributed by atoms with Crippen LogP contribution < -0.4 is 0 Å². The highest BCUT2D eigenvalue weighted by molar-refractivity contribution is 7.15. The summed E-state index contributed by atoms with van der Waals surface area (Å²) in [7, 11) is 0. The molecule has 0 saturated heterocycles. The van der Waals surface area contributed by atoms with E-state index in [0.29, 0.717) is 34.0 Å². The molecule has 3 aromatic rings. The van der Waals surface area contributed by atoms with Gasteiger partial charge in [0.2, 0.25) is 0 Å². The van der Waals surface area contributed by atoms with Gasteiger partial charge < -0.3 is 4.74 Å². The second-order valence-corrected chi connectivity index (χ2v) is 9.19. The Morgan fingerprint density at radius 3 is 2.69 bits per heavy atom. The molecule has 0 spiro atoms. The van der Waals surface area contributed by atoms with Crippen LogP contribution in [0.1, 0.15) is 59.5 Å². The van der Waals surface area contributed by atoms with Gasteiger partial charge in [-0.15, -0.1) is 11.3 Å². The van der Waals surface area contributed by atoms with Gasteiger partial charge in [-0.2, -0.15) is 5.10 Å². The number of aromatic nitrogens is 2. The Morgan fingerprint density at radius 2 is 2.00 bits per heavy atom. The van der Waals surface area contributed by atoms with Crippen molar-refractivity contribution >= 4 is 40.5 Å². The molecule has 7 heteroatoms. The molecule has 1 aliphatic rings. The minimum absolute atomic E-state index is 0.299. The summed E-state index contributed by atoms with van der Waals surface area (Å²) in [5, 5.41) is 5.62. The van der Waals surface area contributed by atoms with Crippen molar-refractivity contribution in [3.05, 3.63) is 56.5 Å². The van der Waals surface area contributed by atoms with Crippen LogP contribution in [0.5, 0.6) is 0 Å². The van der Waals surface area contributed by atoms with E-state index in [9.17, 15) is 4.79 Å². The molecular weight excluding hydrogens is 427 g/mol. The van der Waals surface area contributed by atoms with Crippen LogP contribution in [0.3, 0.4) is 0 Å². The largest absolute Gasteiger partial charge is 0.461 e. The molecule has 1 aliphatic carbocycles. The molecule has 152 valence electrons. The summed E-state index contributed by atoms with van der Waals surface area (Å²) < 4.78 is 6.96. The first-order valence-corrected chi connectivity index (χ1v) is 11.4. The molecule has 0 radical (unpaired) electrons. The highest BCUT2D eigenvalue weighted by Crippen LogP contribution is 2.42. The first kappa shape index (κ1) is 20.5. The number of hydrogen-bond donors (Lipinski definition) is 0. The standard InChI is InChI=1S/C22H22Cl2N2O2S/c1-3-28-22(27)20-13(2)21(19-11-10-18(29-19)14-6-4-5-7-14)26(25-20)17-9-8-15(23)12-16(17)24/h8-12,14H,3-7H2,1-2H3. The second-order valence-electron chi connectivity index (χ2n) is 7.23. The van der Waals surface area contributed by atoms with E-state index >= 15 is 0 Å². The molecular formula is C22H22Cl2N2O2S. The van der Waals surface area contributed by atoms with Gasteiger partial charge in [-0.3, -0.25) is 0 Å². The van der Waals surface area contributed by atoms with Crippen molar-refractivity contribution in [1.29, 1.82) is 0 Å². The van der Waals surface area contributed by atoms with Crippen LogP contribution in [0.25, 0.3) is 16.3 Å². The lowest BCUT2D eigenvalue weighted by atomic mass is 10.1. The fourth-order valence-corrected chi connectivity index (χ4v) is 5.67. The average molecular weight is 449 g/mol. The van der Waals surface area contributed by atoms with Crippen LogP contribution in [0.4, 0.5) is 0 Å². The van der Waals surface area contributed by atoms with E-state index in [-0.39, 0.29) is 0 Å². The van der Waals surface area contributed by atoms with Gasteiger partial charge in [0.05, 0.1) is 27.9 Å². The third-order valence-electron chi connectivity index (χ3n) is 5.35. The highest BCUT2D eigenvalue weighted by atomic mass is 35.5. The van der Waals surface area contributed by atoms with Crippen molar-refractivity contribution in [2.45, 2.75) is 45.4 Å². The summed E-state index contributed by atoms with van der Waals surface area (Å²) >= 11 is 14.3. The minimum Gasteiger partial charge on any atom is -0.461 e. The number of ether oxygens (including phenoxy) is 1. The maximum absolute atomic E-state index is 12.5. The van der Waals surface area contributed by atoms with Crippen LogP contribution in [-0.4, -0.2) is 22.4 Å². The van der Waals surface area contributed by atoms with Crippen molar-refractivity contribution in [3.8, 4) is 16.3 Å². The average Bonchev–Trinajstić information content (AvgIpc) is 3.41. The molecule has 0 aliphatic heterocycles. The van der Waals surface area contributed by atoms with E-state index in [1.165, 1.54) is 30.6 Å². The number of halogens is 2. The van der Waals surface area contributed by atoms with Gasteiger partial charge in [-0.25, -0.2) is 9.48 Å². The predicted molar refractivity (Wildman–Crippen MR) is 119 cm³/mol. The monoisotopic (exact) mass is 448 g/mol. The lowest BCUT2D eigenvalue weighted by Crippen LogP contribution is -2.07. The van der Waals surface area contributed by atoms with E-state index in [1.807, 2.05) is 13.0 Å². The number of rotatable bonds is 5. The number of benzene rings is 1. The van der Waals surface area contributed by atoms with Gasteiger partial charge in [0.15, 0.2) is 5.69 Å². The van der Waals surface area contributed by atoms with Crippen LogP contribution in [-0.2, 0) is 4.74 Å². The predicted octanol–water partition coefficient (Wildman–Crippen LogP) is 7.05. The maximum Gasteiger partial charge on any atom is 0.359 e. The number of carbonyl (C=O) groups excluding carboxylic acids is 1. The van der Waals surface area contributed by atoms with Crippen LogP contribution in [0, 0.1) is 6.92 Å². The third kappa shape index (κ3) is 3.96.